The number of ether oxygens (including phenoxy) is 1. The molecule has 1 heterocycles. The van der Waals surface area contributed by atoms with Crippen molar-refractivity contribution < 1.29 is 9.53 Å². The van der Waals surface area contributed by atoms with Crippen molar-refractivity contribution >= 4 is 11.7 Å². The number of carbonyl (C=O) groups excluding carboxylic acids is 1. The molecule has 0 radical (unpaired) electrons. The molecule has 0 atom stereocenters. The van der Waals surface area contributed by atoms with E-state index in [0.717, 1.165) is 50.5 Å². The van der Waals surface area contributed by atoms with Crippen molar-refractivity contribution in [1.29, 1.82) is 0 Å². The highest BCUT2D eigenvalue weighted by molar-refractivity contribution is 5.74. The topological polar surface area (TPSA) is 44.8 Å². The summed E-state index contributed by atoms with van der Waals surface area (Å²) in [5, 5.41) is 2.94. The third-order valence-corrected chi connectivity index (χ3v) is 4.54. The summed E-state index contributed by atoms with van der Waals surface area (Å²) < 4.78 is 5.84. The van der Waals surface area contributed by atoms with E-state index < -0.39 is 0 Å². The summed E-state index contributed by atoms with van der Waals surface area (Å²) in [5.41, 5.74) is 2.33. The molecule has 5 nitrogen and oxygen atoms in total. The predicted molar refractivity (Wildman–Crippen MR) is 105 cm³/mol. The first kappa shape index (κ1) is 18.1. The number of hydrogen-bond acceptors (Lipinski definition) is 3. The molecule has 0 saturated carbocycles. The van der Waals surface area contributed by atoms with Gasteiger partial charge in [0.05, 0.1) is 0 Å². The lowest BCUT2D eigenvalue weighted by Crippen LogP contribution is -2.52. The minimum atomic E-state index is 0.0520. The van der Waals surface area contributed by atoms with Gasteiger partial charge in [-0.25, -0.2) is 4.79 Å². The number of hydrogen-bond donors (Lipinski definition) is 1. The van der Waals surface area contributed by atoms with Gasteiger partial charge in [0.2, 0.25) is 0 Å². The van der Waals surface area contributed by atoms with E-state index in [0.29, 0.717) is 6.61 Å². The van der Waals surface area contributed by atoms with Gasteiger partial charge in [-0.05, 0) is 36.2 Å². The van der Waals surface area contributed by atoms with Gasteiger partial charge in [-0.15, -0.1) is 0 Å². The van der Waals surface area contributed by atoms with Crippen LogP contribution in [0.15, 0.2) is 54.6 Å². The molecule has 3 rings (SSSR count). The molecule has 0 bridgehead atoms. The number of urea groups is 1. The fourth-order valence-corrected chi connectivity index (χ4v) is 3.01. The van der Waals surface area contributed by atoms with E-state index in [9.17, 15) is 4.79 Å². The maximum atomic E-state index is 12.0. The number of benzene rings is 2. The van der Waals surface area contributed by atoms with Gasteiger partial charge in [0.15, 0.2) is 0 Å². The molecule has 0 unspecified atom stereocenters. The average Bonchev–Trinajstić information content (AvgIpc) is 2.72. The van der Waals surface area contributed by atoms with E-state index in [1.807, 2.05) is 35.2 Å². The highest BCUT2D eigenvalue weighted by Crippen LogP contribution is 2.21. The Balaban J connectivity index is 1.48. The van der Waals surface area contributed by atoms with Crippen LogP contribution in [0.25, 0.3) is 0 Å². The summed E-state index contributed by atoms with van der Waals surface area (Å²) in [6.07, 6.45) is 0.963. The standard InChI is InChI=1S/C21H27N3O2/c1-2-12-22-21(25)24-15-13-23(14-16-24)19-8-10-20(11-9-19)26-17-18-6-4-3-5-7-18/h3-11H,2,12-17H2,1H3,(H,22,25). The Bertz CT molecular complexity index is 680. The van der Waals surface area contributed by atoms with Gasteiger partial charge in [0.25, 0.3) is 0 Å². The molecule has 1 N–H and O–H groups in total. The van der Waals surface area contributed by atoms with Crippen LogP contribution in [-0.4, -0.2) is 43.7 Å². The first-order valence-electron chi connectivity index (χ1n) is 9.31. The zero-order valence-corrected chi connectivity index (χ0v) is 15.4. The van der Waals surface area contributed by atoms with Crippen molar-refractivity contribution in [2.45, 2.75) is 20.0 Å². The number of rotatable bonds is 6. The summed E-state index contributed by atoms with van der Waals surface area (Å²) in [5.74, 6) is 0.871. The molecule has 0 spiro atoms. The van der Waals surface area contributed by atoms with Crippen molar-refractivity contribution in [3.63, 3.8) is 0 Å². The van der Waals surface area contributed by atoms with Crippen LogP contribution in [-0.2, 0) is 6.61 Å². The largest absolute Gasteiger partial charge is 0.489 e. The second kappa shape index (κ2) is 9.13. The third-order valence-electron chi connectivity index (χ3n) is 4.54. The van der Waals surface area contributed by atoms with Crippen molar-refractivity contribution in [2.24, 2.45) is 0 Å². The number of carbonyl (C=O) groups is 1. The van der Waals surface area contributed by atoms with Gasteiger partial charge in [-0.2, -0.15) is 0 Å². The lowest BCUT2D eigenvalue weighted by Gasteiger charge is -2.36. The normalized spacial score (nSPS) is 14.2. The summed E-state index contributed by atoms with van der Waals surface area (Å²) in [7, 11) is 0. The first-order valence-corrected chi connectivity index (χ1v) is 9.31. The maximum Gasteiger partial charge on any atom is 0.317 e. The third kappa shape index (κ3) is 4.91. The van der Waals surface area contributed by atoms with Crippen LogP contribution in [0.5, 0.6) is 5.75 Å². The van der Waals surface area contributed by atoms with Crippen LogP contribution in [0, 0.1) is 0 Å². The van der Waals surface area contributed by atoms with Crippen molar-refractivity contribution in [2.75, 3.05) is 37.6 Å². The average molecular weight is 353 g/mol. The number of nitrogens with zero attached hydrogens (tertiary/aromatic N) is 2. The van der Waals surface area contributed by atoms with E-state index in [2.05, 4.69) is 41.4 Å². The number of piperazine rings is 1. The Morgan fingerprint density at radius 1 is 1.00 bits per heavy atom. The summed E-state index contributed by atoms with van der Waals surface area (Å²) >= 11 is 0. The molecule has 2 aromatic carbocycles. The molecule has 2 amide bonds. The van der Waals surface area contributed by atoms with Crippen LogP contribution < -0.4 is 15.0 Å². The van der Waals surface area contributed by atoms with Crippen LogP contribution in [0.1, 0.15) is 18.9 Å². The summed E-state index contributed by atoms with van der Waals surface area (Å²) in [4.78, 5) is 16.2. The Morgan fingerprint density at radius 3 is 2.35 bits per heavy atom. The van der Waals surface area contributed by atoms with Gasteiger partial charge in [-0.1, -0.05) is 37.3 Å². The molecule has 1 aliphatic rings. The number of nitrogens with one attached hydrogen (secondary N) is 1. The van der Waals surface area contributed by atoms with E-state index >= 15 is 0 Å². The molecule has 2 aromatic rings. The second-order valence-corrected chi connectivity index (χ2v) is 6.47. The minimum absolute atomic E-state index is 0.0520. The Labute approximate surface area is 155 Å². The van der Waals surface area contributed by atoms with Crippen LogP contribution in [0.3, 0.4) is 0 Å². The molecule has 1 fully saturated rings. The number of anilines is 1. The second-order valence-electron chi connectivity index (χ2n) is 6.47. The fourth-order valence-electron chi connectivity index (χ4n) is 3.01. The lowest BCUT2D eigenvalue weighted by atomic mass is 10.2. The first-order chi connectivity index (χ1) is 12.8. The Kier molecular flexibility index (Phi) is 6.36. The van der Waals surface area contributed by atoms with E-state index in [-0.39, 0.29) is 6.03 Å². The molecule has 1 saturated heterocycles. The molecule has 0 aromatic heterocycles. The summed E-state index contributed by atoms with van der Waals surface area (Å²) in [6.45, 7) is 6.58. The Morgan fingerprint density at radius 2 is 1.69 bits per heavy atom. The minimum Gasteiger partial charge on any atom is -0.489 e. The molecule has 26 heavy (non-hydrogen) atoms. The molecule has 1 aliphatic heterocycles. The van der Waals surface area contributed by atoms with E-state index in [4.69, 9.17) is 4.74 Å². The quantitative estimate of drug-likeness (QED) is 0.864. The predicted octanol–water partition coefficient (Wildman–Crippen LogP) is 3.51. The zero-order valence-electron chi connectivity index (χ0n) is 15.4. The van der Waals surface area contributed by atoms with Gasteiger partial charge < -0.3 is 19.9 Å². The van der Waals surface area contributed by atoms with Gasteiger partial charge >= 0.3 is 6.03 Å². The van der Waals surface area contributed by atoms with E-state index in [1.165, 1.54) is 5.69 Å². The zero-order chi connectivity index (χ0) is 18.2. The van der Waals surface area contributed by atoms with Crippen molar-refractivity contribution in [1.82, 2.24) is 10.2 Å². The van der Waals surface area contributed by atoms with Gasteiger partial charge in [0, 0.05) is 38.4 Å². The smallest absolute Gasteiger partial charge is 0.317 e. The maximum absolute atomic E-state index is 12.0. The number of amides is 2. The Hall–Kier alpha value is -2.69. The monoisotopic (exact) mass is 353 g/mol. The molecular formula is C21H27N3O2. The van der Waals surface area contributed by atoms with Crippen LogP contribution in [0.2, 0.25) is 0 Å². The van der Waals surface area contributed by atoms with Gasteiger partial charge in [0.1, 0.15) is 12.4 Å². The molecular weight excluding hydrogens is 326 g/mol. The molecule has 0 aliphatic carbocycles. The van der Waals surface area contributed by atoms with Crippen molar-refractivity contribution in [3.8, 4) is 5.75 Å². The van der Waals surface area contributed by atoms with Crippen molar-refractivity contribution in [3.05, 3.63) is 60.2 Å². The highest BCUT2D eigenvalue weighted by atomic mass is 16.5. The fraction of sp³-hybridized carbons (Fsp3) is 0.381. The van der Waals surface area contributed by atoms with Gasteiger partial charge in [-0.3, -0.25) is 0 Å². The van der Waals surface area contributed by atoms with Crippen LogP contribution in [0.4, 0.5) is 10.5 Å². The lowest BCUT2D eigenvalue weighted by molar-refractivity contribution is 0.194. The molecule has 5 heteroatoms. The molecule has 138 valence electrons. The summed E-state index contributed by atoms with van der Waals surface area (Å²) in [6, 6.07) is 18.4. The van der Waals surface area contributed by atoms with Crippen LogP contribution >= 0.6 is 0 Å². The highest BCUT2D eigenvalue weighted by Gasteiger charge is 2.20. The van der Waals surface area contributed by atoms with E-state index in [1.54, 1.807) is 0 Å². The SMILES string of the molecule is CCCNC(=O)N1CCN(c2ccc(OCc3ccccc3)cc2)CC1.